The summed E-state index contributed by atoms with van der Waals surface area (Å²) < 4.78 is 5.05. The number of aliphatic carboxylic acids is 1. The van der Waals surface area contributed by atoms with E-state index in [4.69, 9.17) is 4.74 Å². The normalized spacial score (nSPS) is 11.4. The van der Waals surface area contributed by atoms with E-state index in [0.717, 1.165) is 16.8 Å². The van der Waals surface area contributed by atoms with Crippen molar-refractivity contribution in [3.05, 3.63) is 65.2 Å². The molecule has 1 atom stereocenters. The van der Waals surface area contributed by atoms with Gasteiger partial charge in [-0.3, -0.25) is 4.79 Å². The lowest BCUT2D eigenvalue weighted by Gasteiger charge is -2.16. The Bertz CT molecular complexity index is 865. The molecule has 2 N–H and O–H groups in total. The summed E-state index contributed by atoms with van der Waals surface area (Å²) in [6.07, 6.45) is -0.859. The minimum atomic E-state index is -1.21. The highest BCUT2D eigenvalue weighted by Crippen LogP contribution is 2.19. The van der Waals surface area contributed by atoms with Gasteiger partial charge in [0.2, 0.25) is 0 Å². The number of carboxylic acid groups (broad SMARTS) is 1. The third-order valence-electron chi connectivity index (χ3n) is 4.49. The molecule has 2 aromatic rings. The summed E-state index contributed by atoms with van der Waals surface area (Å²) in [5.41, 5.74) is 3.14. The first-order valence-electron chi connectivity index (χ1n) is 9.29. The van der Waals surface area contributed by atoms with E-state index in [0.29, 0.717) is 5.56 Å². The van der Waals surface area contributed by atoms with Crippen molar-refractivity contribution in [3.63, 3.8) is 0 Å². The predicted octanol–water partition coefficient (Wildman–Crippen LogP) is 3.40. The monoisotopic (exact) mass is 398 g/mol. The number of hydrogen-bond acceptors (Lipinski definition) is 5. The maximum Gasteiger partial charge on any atom is 0.408 e. The van der Waals surface area contributed by atoms with Crippen LogP contribution >= 0.6 is 0 Å². The summed E-state index contributed by atoms with van der Waals surface area (Å²) in [5.74, 6) is -1.38. The molecule has 154 valence electrons. The topological polar surface area (TPSA) is 95.9 Å². The van der Waals surface area contributed by atoms with Crippen LogP contribution in [0, 0.1) is 6.92 Å². The summed E-state index contributed by atoms with van der Waals surface area (Å²) in [4.78, 5) is 37.8. The first kappa shape index (κ1) is 21.9. The summed E-state index contributed by atoms with van der Waals surface area (Å²) in [6.45, 7) is 1.88. The molecule has 2 rings (SSSR count). The Labute approximate surface area is 170 Å². The van der Waals surface area contributed by atoms with Gasteiger partial charge in [-0.1, -0.05) is 30.3 Å². The van der Waals surface area contributed by atoms with Crippen molar-refractivity contribution in [2.24, 2.45) is 0 Å². The number of rotatable bonds is 9. The lowest BCUT2D eigenvalue weighted by atomic mass is 9.99. The van der Waals surface area contributed by atoms with E-state index in [1.807, 2.05) is 56.3 Å². The number of ether oxygens (including phenoxy) is 1. The molecular formula is C22H26N2O5. The second kappa shape index (κ2) is 10.3. The maximum atomic E-state index is 12.5. The molecule has 7 nitrogen and oxygen atoms in total. The maximum absolute atomic E-state index is 12.5. The number of benzene rings is 2. The largest absolute Gasteiger partial charge is 0.480 e. The van der Waals surface area contributed by atoms with E-state index in [-0.39, 0.29) is 25.2 Å². The molecule has 7 heteroatoms. The van der Waals surface area contributed by atoms with Gasteiger partial charge in [-0.2, -0.15) is 0 Å². The van der Waals surface area contributed by atoms with Crippen LogP contribution in [0.2, 0.25) is 0 Å². The van der Waals surface area contributed by atoms with E-state index in [1.54, 1.807) is 18.2 Å². The third kappa shape index (κ3) is 6.64. The van der Waals surface area contributed by atoms with Crippen molar-refractivity contribution >= 4 is 23.5 Å². The lowest BCUT2D eigenvalue weighted by molar-refractivity contribution is -0.139. The molecule has 0 bridgehead atoms. The number of alkyl carbamates (subject to hydrolysis) is 1. The van der Waals surface area contributed by atoms with Crippen LogP contribution in [0.1, 0.15) is 34.3 Å². The number of carbonyl (C=O) groups excluding carboxylic acids is 2. The number of aryl methyl sites for hydroxylation is 1. The van der Waals surface area contributed by atoms with Crippen molar-refractivity contribution in [1.82, 2.24) is 5.32 Å². The molecule has 0 fully saturated rings. The second-order valence-corrected chi connectivity index (χ2v) is 6.95. The Hall–Kier alpha value is -3.35. The molecule has 0 aliphatic carbocycles. The molecule has 0 heterocycles. The van der Waals surface area contributed by atoms with Gasteiger partial charge >= 0.3 is 12.1 Å². The van der Waals surface area contributed by atoms with Crippen molar-refractivity contribution in [3.8, 4) is 0 Å². The van der Waals surface area contributed by atoms with Crippen molar-refractivity contribution < 1.29 is 24.2 Å². The van der Waals surface area contributed by atoms with Crippen LogP contribution in [-0.2, 0) is 16.1 Å². The number of carboxylic acids is 1. The molecule has 0 aromatic heterocycles. The number of anilines is 1. The Morgan fingerprint density at radius 1 is 1.10 bits per heavy atom. The van der Waals surface area contributed by atoms with Crippen LogP contribution in [0.3, 0.4) is 0 Å². The number of amides is 1. The summed E-state index contributed by atoms with van der Waals surface area (Å²) in [7, 11) is 3.83. The van der Waals surface area contributed by atoms with Gasteiger partial charge in [-0.15, -0.1) is 0 Å². The Morgan fingerprint density at radius 3 is 2.38 bits per heavy atom. The highest BCUT2D eigenvalue weighted by Gasteiger charge is 2.22. The molecule has 0 aliphatic heterocycles. The van der Waals surface area contributed by atoms with Gasteiger partial charge in [-0.25, -0.2) is 9.59 Å². The Kier molecular flexibility index (Phi) is 7.77. The fraction of sp³-hybridized carbons (Fsp3) is 0.318. The fourth-order valence-corrected chi connectivity index (χ4v) is 2.81. The molecule has 2 aromatic carbocycles. The van der Waals surface area contributed by atoms with Crippen LogP contribution in [0.4, 0.5) is 10.5 Å². The predicted molar refractivity (Wildman–Crippen MR) is 110 cm³/mol. The minimum Gasteiger partial charge on any atom is -0.480 e. The number of ketones is 1. The average molecular weight is 398 g/mol. The minimum absolute atomic E-state index is 0.00190. The second-order valence-electron chi connectivity index (χ2n) is 6.95. The van der Waals surface area contributed by atoms with Gasteiger partial charge in [0.15, 0.2) is 5.78 Å². The zero-order valence-corrected chi connectivity index (χ0v) is 16.8. The van der Waals surface area contributed by atoms with Gasteiger partial charge in [0.1, 0.15) is 12.6 Å². The van der Waals surface area contributed by atoms with Crippen molar-refractivity contribution in [1.29, 1.82) is 0 Å². The van der Waals surface area contributed by atoms with E-state index in [9.17, 15) is 19.5 Å². The molecule has 0 radical (unpaired) electrons. The van der Waals surface area contributed by atoms with Gasteiger partial charge in [-0.05, 0) is 42.7 Å². The zero-order valence-electron chi connectivity index (χ0n) is 16.8. The highest BCUT2D eigenvalue weighted by molar-refractivity contribution is 5.98. The zero-order chi connectivity index (χ0) is 21.4. The third-order valence-corrected chi connectivity index (χ3v) is 4.49. The van der Waals surface area contributed by atoms with Gasteiger partial charge in [0.25, 0.3) is 0 Å². The number of Topliss-reactive ketones (excluding diaryl/α,β-unsaturated/α-hetero) is 1. The number of nitrogens with one attached hydrogen (secondary N) is 1. The van der Waals surface area contributed by atoms with E-state index in [2.05, 4.69) is 5.32 Å². The Balaban J connectivity index is 1.90. The first-order valence-corrected chi connectivity index (χ1v) is 9.29. The smallest absolute Gasteiger partial charge is 0.408 e. The highest BCUT2D eigenvalue weighted by atomic mass is 16.5. The molecular weight excluding hydrogens is 372 g/mol. The standard InChI is InChI=1S/C22H26N2O5/c1-15-13-17(24(2)3)9-10-18(15)20(25)12-11-19(21(26)27)23-22(28)29-14-16-7-5-4-6-8-16/h4-10,13,19H,11-12,14H2,1-3H3,(H,23,28)(H,26,27). The van der Waals surface area contributed by atoms with E-state index in [1.165, 1.54) is 0 Å². The van der Waals surface area contributed by atoms with Crippen LogP contribution in [-0.4, -0.2) is 43.1 Å². The van der Waals surface area contributed by atoms with Crippen LogP contribution < -0.4 is 10.2 Å². The van der Waals surface area contributed by atoms with Gasteiger partial charge < -0.3 is 20.1 Å². The summed E-state index contributed by atoms with van der Waals surface area (Å²) in [6, 6.07) is 13.3. The number of nitrogens with zero attached hydrogens (tertiary/aromatic N) is 1. The molecule has 0 saturated carbocycles. The number of carbonyl (C=O) groups is 3. The quantitative estimate of drug-likeness (QED) is 0.629. The summed E-state index contributed by atoms with van der Waals surface area (Å²) >= 11 is 0. The molecule has 0 saturated heterocycles. The van der Waals surface area contributed by atoms with Crippen molar-refractivity contribution in [2.75, 3.05) is 19.0 Å². The molecule has 0 aliphatic rings. The fourth-order valence-electron chi connectivity index (χ4n) is 2.81. The Morgan fingerprint density at radius 2 is 1.79 bits per heavy atom. The lowest BCUT2D eigenvalue weighted by Crippen LogP contribution is -2.41. The van der Waals surface area contributed by atoms with Gasteiger partial charge in [0.05, 0.1) is 0 Å². The first-order chi connectivity index (χ1) is 13.8. The van der Waals surface area contributed by atoms with Crippen LogP contribution in [0.25, 0.3) is 0 Å². The van der Waals surface area contributed by atoms with Crippen LogP contribution in [0.15, 0.2) is 48.5 Å². The van der Waals surface area contributed by atoms with E-state index >= 15 is 0 Å². The molecule has 1 amide bonds. The SMILES string of the molecule is Cc1cc(N(C)C)ccc1C(=O)CCC(NC(=O)OCc1ccccc1)C(=O)O. The van der Waals surface area contributed by atoms with E-state index < -0.39 is 18.1 Å². The van der Waals surface area contributed by atoms with Crippen LogP contribution in [0.5, 0.6) is 0 Å². The molecule has 0 spiro atoms. The molecule has 29 heavy (non-hydrogen) atoms. The average Bonchev–Trinajstić information content (AvgIpc) is 2.69. The summed E-state index contributed by atoms with van der Waals surface area (Å²) in [5, 5.41) is 11.7. The van der Waals surface area contributed by atoms with Crippen molar-refractivity contribution in [2.45, 2.75) is 32.4 Å². The van der Waals surface area contributed by atoms with Gasteiger partial charge in [0, 0.05) is 31.8 Å². The number of hydrogen-bond donors (Lipinski definition) is 2. The molecule has 1 unspecified atom stereocenters.